The summed E-state index contributed by atoms with van der Waals surface area (Å²) in [6.07, 6.45) is 3.89. The Morgan fingerprint density at radius 3 is 2.72 bits per heavy atom. The summed E-state index contributed by atoms with van der Waals surface area (Å²) in [7, 11) is 0. The van der Waals surface area contributed by atoms with E-state index in [1.807, 2.05) is 0 Å². The molecule has 4 bridgehead atoms. The lowest BCUT2D eigenvalue weighted by atomic mass is 10.0. The molecule has 4 rings (SSSR count). The van der Waals surface area contributed by atoms with Gasteiger partial charge in [-0.05, 0) is 43.7 Å². The van der Waals surface area contributed by atoms with Gasteiger partial charge in [-0.25, -0.2) is 14.4 Å². The number of carbonyl (C=O) groups is 4. The third kappa shape index (κ3) is 5.83. The fourth-order valence-electron chi connectivity index (χ4n) is 4.39. The van der Waals surface area contributed by atoms with Gasteiger partial charge in [0.1, 0.15) is 18.8 Å². The smallest absolute Gasteiger partial charge is 0.408 e. The zero-order valence-corrected chi connectivity index (χ0v) is 20.0. The monoisotopic (exact) mass is 496 g/mol. The Hall–Kier alpha value is -3.92. The van der Waals surface area contributed by atoms with Crippen LogP contribution in [0.4, 0.5) is 4.79 Å². The van der Waals surface area contributed by atoms with Gasteiger partial charge >= 0.3 is 18.0 Å². The SMILES string of the molecule is CC(C)=C[C@@H]1NC(=O)OC/C=C\c2cccc(c2)C(=O)O[C@H]2C=CC(=O)N3C[C@H](C[C@H]23)OC(=O)[C@@H]1O. The molecule has 5 atom stereocenters. The molecule has 0 spiro atoms. The van der Waals surface area contributed by atoms with E-state index in [0.717, 1.165) is 5.57 Å². The number of benzene rings is 1. The Morgan fingerprint density at radius 2 is 1.94 bits per heavy atom. The zero-order chi connectivity index (χ0) is 25.8. The lowest BCUT2D eigenvalue weighted by Crippen LogP contribution is -2.47. The second-order valence-electron chi connectivity index (χ2n) is 9.07. The third-order valence-corrected chi connectivity index (χ3v) is 6.04. The molecule has 1 aromatic carbocycles. The van der Waals surface area contributed by atoms with Gasteiger partial charge in [0.25, 0.3) is 0 Å². The molecule has 3 aliphatic rings. The first-order valence-electron chi connectivity index (χ1n) is 11.6. The van der Waals surface area contributed by atoms with Crippen molar-refractivity contribution in [3.63, 3.8) is 0 Å². The average Bonchev–Trinajstić information content (AvgIpc) is 3.27. The van der Waals surface area contributed by atoms with Gasteiger partial charge in [-0.3, -0.25) is 4.79 Å². The van der Waals surface area contributed by atoms with Crippen LogP contribution in [0.5, 0.6) is 0 Å². The van der Waals surface area contributed by atoms with Crippen molar-refractivity contribution in [1.82, 2.24) is 10.2 Å². The highest BCUT2D eigenvalue weighted by molar-refractivity contribution is 5.92. The van der Waals surface area contributed by atoms with Gasteiger partial charge in [0.2, 0.25) is 5.91 Å². The van der Waals surface area contributed by atoms with Crippen molar-refractivity contribution in [3.8, 4) is 0 Å². The fourth-order valence-corrected chi connectivity index (χ4v) is 4.39. The minimum atomic E-state index is -1.70. The number of alkyl carbamates (subject to hydrolysis) is 1. The molecule has 0 aliphatic carbocycles. The summed E-state index contributed by atoms with van der Waals surface area (Å²) in [4.78, 5) is 51.8. The van der Waals surface area contributed by atoms with Gasteiger partial charge in [-0.1, -0.05) is 29.9 Å². The first kappa shape index (κ1) is 25.2. The standard InChI is InChI=1S/C26H28N2O8/c1-15(2)11-19-23(30)25(32)35-18-13-20-21(8-9-22(29)28(20)14-18)36-24(31)17-7-3-5-16(12-17)6-4-10-34-26(33)27-19/h3-9,11-12,18-21,23,30H,10,13-14H2,1-2H3,(H,27,33)/b6-4-/t18-,19-,20+,21-,23+/m0/s1. The number of nitrogens with zero attached hydrogens (tertiary/aromatic N) is 1. The summed E-state index contributed by atoms with van der Waals surface area (Å²) < 4.78 is 16.3. The lowest BCUT2D eigenvalue weighted by Gasteiger charge is -2.31. The van der Waals surface area contributed by atoms with E-state index in [0.29, 0.717) is 11.1 Å². The number of fused-ring (bicyclic) bond motifs is 3. The Bertz CT molecular complexity index is 1140. The van der Waals surface area contributed by atoms with Gasteiger partial charge in [0.15, 0.2) is 6.10 Å². The second kappa shape index (κ2) is 10.8. The summed E-state index contributed by atoms with van der Waals surface area (Å²) in [5.74, 6) is -1.80. The number of amides is 2. The van der Waals surface area contributed by atoms with Crippen LogP contribution in [0.15, 0.2) is 54.1 Å². The first-order chi connectivity index (χ1) is 17.2. The van der Waals surface area contributed by atoms with E-state index in [4.69, 9.17) is 14.2 Å². The van der Waals surface area contributed by atoms with Crippen molar-refractivity contribution >= 4 is 30.0 Å². The van der Waals surface area contributed by atoms with Crippen LogP contribution in [-0.2, 0) is 23.8 Å². The van der Waals surface area contributed by atoms with Crippen LogP contribution in [0.25, 0.3) is 6.08 Å². The maximum absolute atomic E-state index is 12.9. The molecule has 0 aromatic heterocycles. The predicted molar refractivity (Wildman–Crippen MR) is 128 cm³/mol. The maximum atomic E-state index is 12.9. The van der Waals surface area contributed by atoms with Gasteiger partial charge in [-0.2, -0.15) is 0 Å². The number of cyclic esters (lactones) is 1. The fraction of sp³-hybridized carbons (Fsp3) is 0.385. The number of allylic oxidation sites excluding steroid dienone is 1. The number of ether oxygens (including phenoxy) is 3. The number of carbonyl (C=O) groups excluding carboxylic acids is 4. The van der Waals surface area contributed by atoms with Crippen molar-refractivity contribution in [2.24, 2.45) is 0 Å². The van der Waals surface area contributed by atoms with E-state index < -0.39 is 48.4 Å². The highest BCUT2D eigenvalue weighted by Gasteiger charge is 2.44. The Balaban J connectivity index is 1.63. The van der Waals surface area contributed by atoms with Gasteiger partial charge in [-0.15, -0.1) is 0 Å². The number of hydrogen-bond donors (Lipinski definition) is 2. The minimum absolute atomic E-state index is 0.0803. The molecule has 0 radical (unpaired) electrons. The van der Waals surface area contributed by atoms with Crippen molar-refractivity contribution in [2.75, 3.05) is 13.2 Å². The molecule has 190 valence electrons. The molecule has 2 amide bonds. The molecule has 36 heavy (non-hydrogen) atoms. The molecule has 2 N–H and O–H groups in total. The number of esters is 2. The molecule has 10 nitrogen and oxygen atoms in total. The molecule has 0 unspecified atom stereocenters. The van der Waals surface area contributed by atoms with Gasteiger partial charge < -0.3 is 29.5 Å². The van der Waals surface area contributed by atoms with Crippen LogP contribution in [0.2, 0.25) is 0 Å². The molecule has 1 saturated heterocycles. The van der Waals surface area contributed by atoms with Gasteiger partial charge in [0.05, 0.1) is 24.2 Å². The lowest BCUT2D eigenvalue weighted by molar-refractivity contribution is -0.159. The third-order valence-electron chi connectivity index (χ3n) is 6.04. The number of aliphatic hydroxyl groups excluding tert-OH is 1. The summed E-state index contributed by atoms with van der Waals surface area (Å²) in [6, 6.07) is 5.14. The minimum Gasteiger partial charge on any atom is -0.458 e. The topological polar surface area (TPSA) is 131 Å². The summed E-state index contributed by atoms with van der Waals surface area (Å²) >= 11 is 0. The van der Waals surface area contributed by atoms with Crippen LogP contribution < -0.4 is 5.32 Å². The molecular weight excluding hydrogens is 468 g/mol. The zero-order valence-electron chi connectivity index (χ0n) is 20.0. The molecule has 3 aliphatic heterocycles. The van der Waals surface area contributed by atoms with Crippen LogP contribution in [0.1, 0.15) is 36.2 Å². The van der Waals surface area contributed by atoms with E-state index in [-0.39, 0.29) is 25.5 Å². The van der Waals surface area contributed by atoms with Crippen LogP contribution >= 0.6 is 0 Å². The highest BCUT2D eigenvalue weighted by Crippen LogP contribution is 2.29. The summed E-state index contributed by atoms with van der Waals surface area (Å²) in [5, 5.41) is 13.1. The normalized spacial score (nSPS) is 29.5. The molecule has 10 heteroatoms. The average molecular weight is 497 g/mol. The Labute approximate surface area is 208 Å². The van der Waals surface area contributed by atoms with E-state index in [1.54, 1.807) is 50.3 Å². The van der Waals surface area contributed by atoms with Crippen LogP contribution in [0.3, 0.4) is 0 Å². The van der Waals surface area contributed by atoms with Crippen molar-refractivity contribution in [2.45, 2.75) is 50.7 Å². The predicted octanol–water partition coefficient (Wildman–Crippen LogP) is 1.74. The van der Waals surface area contributed by atoms with E-state index in [2.05, 4.69) is 5.32 Å². The van der Waals surface area contributed by atoms with E-state index >= 15 is 0 Å². The van der Waals surface area contributed by atoms with Crippen LogP contribution in [0, 0.1) is 0 Å². The molecular formula is C26H28N2O8. The maximum Gasteiger partial charge on any atom is 0.408 e. The quantitative estimate of drug-likeness (QED) is 0.342. The van der Waals surface area contributed by atoms with Crippen LogP contribution in [-0.4, -0.2) is 77.5 Å². The van der Waals surface area contributed by atoms with E-state index in [1.165, 1.54) is 23.1 Å². The first-order valence-corrected chi connectivity index (χ1v) is 11.6. The number of nitrogens with one attached hydrogen (secondary N) is 1. The number of hydrogen-bond acceptors (Lipinski definition) is 8. The largest absolute Gasteiger partial charge is 0.458 e. The molecule has 1 aromatic rings. The van der Waals surface area contributed by atoms with Gasteiger partial charge in [0, 0.05) is 12.5 Å². The molecule has 0 saturated carbocycles. The van der Waals surface area contributed by atoms with Crippen molar-refractivity contribution < 1.29 is 38.5 Å². The number of rotatable bonds is 1. The summed E-state index contributed by atoms with van der Waals surface area (Å²) in [5.41, 5.74) is 1.77. The van der Waals surface area contributed by atoms with Crippen molar-refractivity contribution in [3.05, 3.63) is 65.3 Å². The molecule has 1 fully saturated rings. The Kier molecular flexibility index (Phi) is 7.54. The highest BCUT2D eigenvalue weighted by atomic mass is 16.6. The Morgan fingerprint density at radius 1 is 1.14 bits per heavy atom. The number of aliphatic hydroxyl groups is 1. The van der Waals surface area contributed by atoms with E-state index in [9.17, 15) is 24.3 Å². The second-order valence-corrected chi connectivity index (χ2v) is 9.07. The van der Waals surface area contributed by atoms with Crippen molar-refractivity contribution in [1.29, 1.82) is 0 Å². The summed E-state index contributed by atoms with van der Waals surface area (Å²) in [6.45, 7) is 3.52. The molecule has 3 heterocycles.